The molecule has 0 aliphatic carbocycles. The fourth-order valence-corrected chi connectivity index (χ4v) is 4.45. The molecule has 0 saturated carbocycles. The summed E-state index contributed by atoms with van der Waals surface area (Å²) in [5.74, 6) is -0.355. The number of morpholine rings is 1. The molecule has 0 radical (unpaired) electrons. The Labute approximate surface area is 183 Å². The summed E-state index contributed by atoms with van der Waals surface area (Å²) in [5, 5.41) is 2.54. The number of amides is 1. The largest absolute Gasteiger partial charge is 0.495 e. The van der Waals surface area contributed by atoms with Crippen molar-refractivity contribution in [1.29, 1.82) is 0 Å². The second-order valence-corrected chi connectivity index (χ2v) is 8.76. The second kappa shape index (κ2) is 9.72. The van der Waals surface area contributed by atoms with Crippen LogP contribution in [-0.4, -0.2) is 52.0 Å². The quantitative estimate of drug-likeness (QED) is 0.655. The van der Waals surface area contributed by atoms with Crippen molar-refractivity contribution in [1.82, 2.24) is 4.31 Å². The molecule has 172 valence electrons. The van der Waals surface area contributed by atoms with Crippen molar-refractivity contribution in [3.63, 3.8) is 0 Å². The molecule has 0 spiro atoms. The Balaban J connectivity index is 1.76. The lowest BCUT2D eigenvalue weighted by Gasteiger charge is -2.26. The maximum atomic E-state index is 12.9. The van der Waals surface area contributed by atoms with E-state index in [0.717, 1.165) is 18.2 Å². The highest BCUT2D eigenvalue weighted by atomic mass is 32.2. The van der Waals surface area contributed by atoms with Crippen LogP contribution in [0.5, 0.6) is 5.75 Å². The topological polar surface area (TPSA) is 84.9 Å². The Hall–Kier alpha value is -2.89. The number of sulfonamides is 1. The average molecular weight is 470 g/mol. The minimum Gasteiger partial charge on any atom is -0.495 e. The minimum atomic E-state index is -4.44. The van der Waals surface area contributed by atoms with Gasteiger partial charge in [-0.25, -0.2) is 8.42 Å². The average Bonchev–Trinajstić information content (AvgIpc) is 2.78. The standard InChI is InChI=1S/C21H21F3N2O5S/c1-30-19-8-7-17(32(28,29)26-10-12-31-13-11-26)14-18(19)25-20(27)9-4-15-2-5-16(6-3-15)21(22,23)24/h2-9,14H,10-13H2,1H3,(H,25,27). The van der Waals surface area contributed by atoms with Gasteiger partial charge in [0.1, 0.15) is 5.75 Å². The van der Waals surface area contributed by atoms with Crippen LogP contribution in [0.25, 0.3) is 6.08 Å². The lowest BCUT2D eigenvalue weighted by molar-refractivity contribution is -0.137. The Morgan fingerprint density at radius 1 is 1.12 bits per heavy atom. The predicted octanol–water partition coefficient (Wildman–Crippen LogP) is 3.39. The van der Waals surface area contributed by atoms with Gasteiger partial charge in [0.2, 0.25) is 15.9 Å². The van der Waals surface area contributed by atoms with Crippen LogP contribution in [0.3, 0.4) is 0 Å². The Bertz CT molecular complexity index is 1090. The van der Waals surface area contributed by atoms with E-state index in [0.29, 0.717) is 18.8 Å². The normalized spacial score (nSPS) is 15.6. The molecule has 0 aromatic heterocycles. The summed E-state index contributed by atoms with van der Waals surface area (Å²) in [6.07, 6.45) is -1.97. The Morgan fingerprint density at radius 2 is 1.78 bits per heavy atom. The zero-order valence-electron chi connectivity index (χ0n) is 17.1. The molecule has 11 heteroatoms. The molecule has 1 heterocycles. The van der Waals surface area contributed by atoms with Crippen molar-refractivity contribution < 1.29 is 35.9 Å². The van der Waals surface area contributed by atoms with Gasteiger partial charge in [-0.1, -0.05) is 12.1 Å². The van der Waals surface area contributed by atoms with Crippen LogP contribution >= 0.6 is 0 Å². The van der Waals surface area contributed by atoms with Gasteiger partial charge in [0.05, 0.1) is 36.5 Å². The molecule has 1 amide bonds. The van der Waals surface area contributed by atoms with E-state index in [1.54, 1.807) is 0 Å². The lowest BCUT2D eigenvalue weighted by Crippen LogP contribution is -2.40. The van der Waals surface area contributed by atoms with Gasteiger partial charge in [0, 0.05) is 19.2 Å². The van der Waals surface area contributed by atoms with Gasteiger partial charge >= 0.3 is 6.18 Å². The number of nitrogens with one attached hydrogen (secondary N) is 1. The molecule has 2 aromatic carbocycles. The van der Waals surface area contributed by atoms with E-state index in [-0.39, 0.29) is 29.4 Å². The first kappa shape index (κ1) is 23.8. The molecular formula is C21H21F3N2O5S. The molecular weight excluding hydrogens is 449 g/mol. The van der Waals surface area contributed by atoms with Gasteiger partial charge in [0.15, 0.2) is 0 Å². The zero-order chi connectivity index (χ0) is 23.4. The van der Waals surface area contributed by atoms with E-state index >= 15 is 0 Å². The summed E-state index contributed by atoms with van der Waals surface area (Å²) in [6.45, 7) is 1.05. The first-order valence-electron chi connectivity index (χ1n) is 9.53. The third-order valence-corrected chi connectivity index (χ3v) is 6.60. The lowest BCUT2D eigenvalue weighted by atomic mass is 10.1. The number of anilines is 1. The highest BCUT2D eigenvalue weighted by molar-refractivity contribution is 7.89. The maximum absolute atomic E-state index is 12.9. The predicted molar refractivity (Wildman–Crippen MR) is 112 cm³/mol. The third kappa shape index (κ3) is 5.67. The first-order valence-corrected chi connectivity index (χ1v) is 11.0. The van der Waals surface area contributed by atoms with Crippen LogP contribution in [-0.2, 0) is 25.7 Å². The second-order valence-electron chi connectivity index (χ2n) is 6.82. The number of ether oxygens (including phenoxy) is 2. The molecule has 0 atom stereocenters. The van der Waals surface area contributed by atoms with Crippen LogP contribution in [0, 0.1) is 0 Å². The molecule has 1 N–H and O–H groups in total. The van der Waals surface area contributed by atoms with Crippen LogP contribution < -0.4 is 10.1 Å². The number of hydrogen-bond donors (Lipinski definition) is 1. The van der Waals surface area contributed by atoms with Crippen LogP contribution in [0.2, 0.25) is 0 Å². The van der Waals surface area contributed by atoms with Crippen molar-refractivity contribution in [3.05, 3.63) is 59.7 Å². The third-order valence-electron chi connectivity index (χ3n) is 4.70. The molecule has 3 rings (SSSR count). The van der Waals surface area contributed by atoms with E-state index < -0.39 is 27.7 Å². The first-order chi connectivity index (χ1) is 15.1. The van der Waals surface area contributed by atoms with E-state index in [9.17, 15) is 26.4 Å². The molecule has 0 bridgehead atoms. The smallest absolute Gasteiger partial charge is 0.416 e. The molecule has 7 nitrogen and oxygen atoms in total. The highest BCUT2D eigenvalue weighted by Crippen LogP contribution is 2.30. The summed E-state index contributed by atoms with van der Waals surface area (Å²) in [6, 6.07) is 8.43. The van der Waals surface area contributed by atoms with Gasteiger partial charge in [0.25, 0.3) is 0 Å². The summed E-state index contributed by atoms with van der Waals surface area (Å²) in [7, 11) is -2.41. The van der Waals surface area contributed by atoms with E-state index in [4.69, 9.17) is 9.47 Å². The molecule has 0 unspecified atom stereocenters. The number of hydrogen-bond acceptors (Lipinski definition) is 5. The maximum Gasteiger partial charge on any atom is 0.416 e. The van der Waals surface area contributed by atoms with Crippen molar-refractivity contribution in [2.75, 3.05) is 38.7 Å². The number of halogens is 3. The van der Waals surface area contributed by atoms with Crippen LogP contribution in [0.15, 0.2) is 53.4 Å². The Kier molecular flexibility index (Phi) is 7.22. The van der Waals surface area contributed by atoms with Crippen LogP contribution in [0.4, 0.5) is 18.9 Å². The van der Waals surface area contributed by atoms with Crippen molar-refractivity contribution in [2.24, 2.45) is 0 Å². The molecule has 32 heavy (non-hydrogen) atoms. The number of methoxy groups -OCH3 is 1. The van der Waals surface area contributed by atoms with E-state index in [1.165, 1.54) is 47.8 Å². The summed E-state index contributed by atoms with van der Waals surface area (Å²) < 4.78 is 75.3. The van der Waals surface area contributed by atoms with Gasteiger partial charge < -0.3 is 14.8 Å². The summed E-state index contributed by atoms with van der Waals surface area (Å²) in [5.41, 5.74) is -0.255. The van der Waals surface area contributed by atoms with Gasteiger partial charge in [-0.15, -0.1) is 0 Å². The SMILES string of the molecule is COc1ccc(S(=O)(=O)N2CCOCC2)cc1NC(=O)C=Cc1ccc(C(F)(F)F)cc1. The van der Waals surface area contributed by atoms with E-state index in [1.807, 2.05) is 0 Å². The van der Waals surface area contributed by atoms with Gasteiger partial charge in [-0.3, -0.25) is 4.79 Å². The molecule has 1 saturated heterocycles. The highest BCUT2D eigenvalue weighted by Gasteiger charge is 2.30. The van der Waals surface area contributed by atoms with Crippen molar-refractivity contribution in [2.45, 2.75) is 11.1 Å². The molecule has 1 aliphatic rings. The monoisotopic (exact) mass is 470 g/mol. The Morgan fingerprint density at radius 3 is 2.38 bits per heavy atom. The zero-order valence-corrected chi connectivity index (χ0v) is 17.9. The summed E-state index contributed by atoms with van der Waals surface area (Å²) >= 11 is 0. The van der Waals surface area contributed by atoms with E-state index in [2.05, 4.69) is 5.32 Å². The van der Waals surface area contributed by atoms with Crippen molar-refractivity contribution in [3.8, 4) is 5.75 Å². The molecule has 2 aromatic rings. The number of carbonyl (C=O) groups is 1. The number of carbonyl (C=O) groups excluding carboxylic acids is 1. The van der Waals surface area contributed by atoms with Crippen molar-refractivity contribution >= 4 is 27.7 Å². The van der Waals surface area contributed by atoms with Gasteiger partial charge in [-0.05, 0) is 42.0 Å². The molecule has 1 fully saturated rings. The minimum absolute atomic E-state index is 0.0118. The number of rotatable bonds is 6. The number of alkyl halides is 3. The summed E-state index contributed by atoms with van der Waals surface area (Å²) in [4.78, 5) is 12.3. The fraction of sp³-hybridized carbons (Fsp3) is 0.286. The van der Waals surface area contributed by atoms with Crippen LogP contribution in [0.1, 0.15) is 11.1 Å². The van der Waals surface area contributed by atoms with Gasteiger partial charge in [-0.2, -0.15) is 17.5 Å². The molecule has 1 aliphatic heterocycles. The number of nitrogens with zero attached hydrogens (tertiary/aromatic N) is 1. The fourth-order valence-electron chi connectivity index (χ4n) is 3.01. The number of benzene rings is 2.